The molecule has 5 heteroatoms. The molecule has 0 saturated carbocycles. The summed E-state index contributed by atoms with van der Waals surface area (Å²) in [5, 5.41) is 12.8. The van der Waals surface area contributed by atoms with Crippen molar-refractivity contribution < 1.29 is 14.6 Å². The summed E-state index contributed by atoms with van der Waals surface area (Å²) < 4.78 is 5.56. The first kappa shape index (κ1) is 17.3. The van der Waals surface area contributed by atoms with Crippen LogP contribution in [0.5, 0.6) is 5.75 Å². The highest BCUT2D eigenvalue weighted by atomic mass is 16.5. The van der Waals surface area contributed by atoms with Crippen LogP contribution in [0.3, 0.4) is 0 Å². The van der Waals surface area contributed by atoms with Gasteiger partial charge < -0.3 is 20.1 Å². The van der Waals surface area contributed by atoms with E-state index in [2.05, 4.69) is 5.32 Å². The number of hydrogen-bond donors (Lipinski definition) is 2. The van der Waals surface area contributed by atoms with Crippen LogP contribution in [-0.4, -0.2) is 47.9 Å². The molecule has 5 nitrogen and oxygen atoms in total. The molecule has 0 spiro atoms. The molecule has 0 aliphatic carbocycles. The van der Waals surface area contributed by atoms with Crippen molar-refractivity contribution in [2.24, 2.45) is 0 Å². The summed E-state index contributed by atoms with van der Waals surface area (Å²) in [4.78, 5) is 13.5. The third-order valence-electron chi connectivity index (χ3n) is 3.05. The van der Waals surface area contributed by atoms with Crippen LogP contribution >= 0.6 is 0 Å². The van der Waals surface area contributed by atoms with E-state index in [1.165, 1.54) is 0 Å². The second-order valence-electron chi connectivity index (χ2n) is 5.36. The topological polar surface area (TPSA) is 61.8 Å². The van der Waals surface area contributed by atoms with Crippen LogP contribution in [0.1, 0.15) is 26.3 Å². The Morgan fingerprint density at radius 3 is 2.71 bits per heavy atom. The SMILES string of the molecule is CCNC(=O)N(C[C@@H](O)COc1cccc(C)c1)C(C)C. The minimum atomic E-state index is -0.726. The number of aliphatic hydroxyl groups is 1. The average molecular weight is 294 g/mol. The Morgan fingerprint density at radius 2 is 2.14 bits per heavy atom. The molecule has 21 heavy (non-hydrogen) atoms. The van der Waals surface area contributed by atoms with Crippen molar-refractivity contribution in [3.63, 3.8) is 0 Å². The molecule has 0 bridgehead atoms. The van der Waals surface area contributed by atoms with Crippen LogP contribution in [-0.2, 0) is 0 Å². The van der Waals surface area contributed by atoms with Gasteiger partial charge in [-0.15, -0.1) is 0 Å². The molecule has 0 unspecified atom stereocenters. The maximum atomic E-state index is 11.9. The number of rotatable bonds is 7. The Kier molecular flexibility index (Phi) is 7.02. The van der Waals surface area contributed by atoms with Crippen molar-refractivity contribution in [2.75, 3.05) is 19.7 Å². The van der Waals surface area contributed by atoms with Gasteiger partial charge in [-0.25, -0.2) is 4.79 Å². The number of hydrogen-bond acceptors (Lipinski definition) is 3. The molecule has 0 saturated heterocycles. The fraction of sp³-hybridized carbons (Fsp3) is 0.562. The maximum absolute atomic E-state index is 11.9. The van der Waals surface area contributed by atoms with Gasteiger partial charge in [-0.05, 0) is 45.4 Å². The average Bonchev–Trinajstić information content (AvgIpc) is 2.42. The molecule has 0 heterocycles. The Labute approximate surface area is 126 Å². The summed E-state index contributed by atoms with van der Waals surface area (Å²) >= 11 is 0. The molecular weight excluding hydrogens is 268 g/mol. The summed E-state index contributed by atoms with van der Waals surface area (Å²) in [6.45, 7) is 8.67. The third-order valence-corrected chi connectivity index (χ3v) is 3.05. The van der Waals surface area contributed by atoms with Crippen molar-refractivity contribution >= 4 is 6.03 Å². The first-order valence-electron chi connectivity index (χ1n) is 7.36. The van der Waals surface area contributed by atoms with Crippen molar-refractivity contribution in [2.45, 2.75) is 39.8 Å². The second-order valence-corrected chi connectivity index (χ2v) is 5.36. The zero-order valence-corrected chi connectivity index (χ0v) is 13.3. The van der Waals surface area contributed by atoms with Crippen LogP contribution in [0, 0.1) is 6.92 Å². The zero-order chi connectivity index (χ0) is 15.8. The number of amides is 2. The standard InChI is InChI=1S/C16H26N2O3/c1-5-17-16(20)18(12(2)3)10-14(19)11-21-15-8-6-7-13(4)9-15/h6-9,12,14,19H,5,10-11H2,1-4H3,(H,17,20)/t14-/m1/s1. The molecule has 1 rings (SSSR count). The van der Waals surface area contributed by atoms with Crippen molar-refractivity contribution in [1.29, 1.82) is 0 Å². The Morgan fingerprint density at radius 1 is 1.43 bits per heavy atom. The number of aliphatic hydroxyl groups excluding tert-OH is 1. The number of urea groups is 1. The lowest BCUT2D eigenvalue weighted by atomic mass is 10.2. The molecule has 0 aromatic heterocycles. The van der Waals surface area contributed by atoms with E-state index in [9.17, 15) is 9.90 Å². The predicted octanol–water partition coefficient (Wildman–Crippen LogP) is 2.17. The highest BCUT2D eigenvalue weighted by molar-refractivity contribution is 5.74. The maximum Gasteiger partial charge on any atom is 0.317 e. The van der Waals surface area contributed by atoms with E-state index in [1.807, 2.05) is 52.0 Å². The molecule has 2 N–H and O–H groups in total. The molecule has 1 aromatic carbocycles. The van der Waals surface area contributed by atoms with Gasteiger partial charge in [-0.2, -0.15) is 0 Å². The highest BCUT2D eigenvalue weighted by Crippen LogP contribution is 2.13. The first-order chi connectivity index (χ1) is 9.93. The summed E-state index contributed by atoms with van der Waals surface area (Å²) in [5.74, 6) is 0.725. The van der Waals surface area contributed by atoms with Crippen molar-refractivity contribution in [3.05, 3.63) is 29.8 Å². The molecule has 0 radical (unpaired) electrons. The summed E-state index contributed by atoms with van der Waals surface area (Å²) in [6.07, 6.45) is -0.726. The molecule has 0 fully saturated rings. The Hall–Kier alpha value is -1.75. The minimum Gasteiger partial charge on any atom is -0.491 e. The van der Waals surface area contributed by atoms with Gasteiger partial charge in [0, 0.05) is 12.6 Å². The van der Waals surface area contributed by atoms with Gasteiger partial charge in [0.15, 0.2) is 0 Å². The smallest absolute Gasteiger partial charge is 0.317 e. The molecule has 1 atom stereocenters. The van der Waals surface area contributed by atoms with Gasteiger partial charge in [0.2, 0.25) is 0 Å². The van der Waals surface area contributed by atoms with Crippen molar-refractivity contribution in [1.82, 2.24) is 10.2 Å². The predicted molar refractivity (Wildman–Crippen MR) is 83.6 cm³/mol. The monoisotopic (exact) mass is 294 g/mol. The molecule has 0 aliphatic heterocycles. The summed E-state index contributed by atoms with van der Waals surface area (Å²) in [6, 6.07) is 7.51. The highest BCUT2D eigenvalue weighted by Gasteiger charge is 2.20. The third kappa shape index (κ3) is 6.04. The lowest BCUT2D eigenvalue weighted by Crippen LogP contribution is -2.48. The molecule has 0 aliphatic rings. The first-order valence-corrected chi connectivity index (χ1v) is 7.36. The number of nitrogens with zero attached hydrogens (tertiary/aromatic N) is 1. The number of carbonyl (C=O) groups is 1. The van der Waals surface area contributed by atoms with E-state index in [0.717, 1.165) is 11.3 Å². The van der Waals surface area contributed by atoms with Gasteiger partial charge in [0.1, 0.15) is 18.5 Å². The van der Waals surface area contributed by atoms with Gasteiger partial charge in [0.05, 0.1) is 6.54 Å². The van der Waals surface area contributed by atoms with Crippen molar-refractivity contribution in [3.8, 4) is 5.75 Å². The molecule has 1 aromatic rings. The van der Waals surface area contributed by atoms with Gasteiger partial charge in [0.25, 0.3) is 0 Å². The van der Waals surface area contributed by atoms with E-state index in [1.54, 1.807) is 4.90 Å². The largest absolute Gasteiger partial charge is 0.491 e. The molecule has 118 valence electrons. The quantitative estimate of drug-likeness (QED) is 0.810. The summed E-state index contributed by atoms with van der Waals surface area (Å²) in [5.41, 5.74) is 1.10. The normalized spacial score (nSPS) is 12.1. The van der Waals surface area contributed by atoms with Crippen LogP contribution < -0.4 is 10.1 Å². The minimum absolute atomic E-state index is 0.0187. The van der Waals surface area contributed by atoms with Gasteiger partial charge in [-0.3, -0.25) is 0 Å². The second kappa shape index (κ2) is 8.52. The van der Waals surface area contributed by atoms with E-state index in [4.69, 9.17) is 4.74 Å². The fourth-order valence-corrected chi connectivity index (χ4v) is 1.96. The molecule has 2 amide bonds. The number of aryl methyl sites for hydroxylation is 1. The molecular formula is C16H26N2O3. The fourth-order valence-electron chi connectivity index (χ4n) is 1.96. The lowest BCUT2D eigenvalue weighted by Gasteiger charge is -2.29. The van der Waals surface area contributed by atoms with Crippen LogP contribution in [0.4, 0.5) is 4.79 Å². The lowest BCUT2D eigenvalue weighted by molar-refractivity contribution is 0.0691. The van der Waals surface area contributed by atoms with Crippen LogP contribution in [0.25, 0.3) is 0 Å². The Balaban J connectivity index is 2.50. The van der Waals surface area contributed by atoms with E-state index < -0.39 is 6.10 Å². The summed E-state index contributed by atoms with van der Waals surface area (Å²) in [7, 11) is 0. The van der Waals surface area contributed by atoms with Gasteiger partial charge in [-0.1, -0.05) is 12.1 Å². The number of ether oxygens (including phenoxy) is 1. The van der Waals surface area contributed by atoms with Crippen LogP contribution in [0.15, 0.2) is 24.3 Å². The zero-order valence-electron chi connectivity index (χ0n) is 13.3. The van der Waals surface area contributed by atoms with E-state index >= 15 is 0 Å². The number of carbonyl (C=O) groups excluding carboxylic acids is 1. The van der Waals surface area contributed by atoms with E-state index in [-0.39, 0.29) is 25.2 Å². The number of nitrogens with one attached hydrogen (secondary N) is 1. The Bertz CT molecular complexity index is 449. The van der Waals surface area contributed by atoms with Gasteiger partial charge >= 0.3 is 6.03 Å². The van der Waals surface area contributed by atoms with Crippen LogP contribution in [0.2, 0.25) is 0 Å². The number of benzene rings is 1. The van der Waals surface area contributed by atoms with E-state index in [0.29, 0.717) is 6.54 Å².